The summed E-state index contributed by atoms with van der Waals surface area (Å²) in [6.45, 7) is 2.74. The van der Waals surface area contributed by atoms with Crippen LogP contribution in [-0.4, -0.2) is 37.6 Å². The number of likely N-dealkylation sites (tertiary alicyclic amines) is 1. The van der Waals surface area contributed by atoms with Crippen molar-refractivity contribution in [3.63, 3.8) is 0 Å². The first kappa shape index (κ1) is 19.9. The molecule has 2 aromatic rings. The fourth-order valence-corrected chi connectivity index (χ4v) is 4.13. The molecule has 0 bridgehead atoms. The maximum atomic E-state index is 12.4. The van der Waals surface area contributed by atoms with Crippen LogP contribution in [0.15, 0.2) is 53.0 Å². The molecule has 27 heavy (non-hydrogen) atoms. The van der Waals surface area contributed by atoms with Gasteiger partial charge in [-0.15, -0.1) is 0 Å². The number of aryl methyl sites for hydroxylation is 1. The van der Waals surface area contributed by atoms with E-state index < -0.39 is 0 Å². The molecule has 0 aromatic heterocycles. The van der Waals surface area contributed by atoms with Gasteiger partial charge in [-0.05, 0) is 56.1 Å². The number of rotatable bonds is 8. The first-order chi connectivity index (χ1) is 13.2. The lowest BCUT2D eigenvalue weighted by molar-refractivity contribution is -0.121. The van der Waals surface area contributed by atoms with Gasteiger partial charge in [-0.25, -0.2) is 0 Å². The predicted molar refractivity (Wildman–Crippen MR) is 112 cm³/mol. The Bertz CT molecular complexity index is 759. The molecular formula is C22H27BrN2O2. The zero-order valence-electron chi connectivity index (χ0n) is 15.8. The van der Waals surface area contributed by atoms with Crippen molar-refractivity contribution < 1.29 is 9.53 Å². The maximum absolute atomic E-state index is 12.4. The second kappa shape index (κ2) is 9.90. The van der Waals surface area contributed by atoms with E-state index in [9.17, 15) is 4.79 Å². The van der Waals surface area contributed by atoms with Gasteiger partial charge in [0.2, 0.25) is 5.91 Å². The van der Waals surface area contributed by atoms with Crippen LogP contribution in [-0.2, 0) is 11.2 Å². The highest BCUT2D eigenvalue weighted by Crippen LogP contribution is 2.31. The van der Waals surface area contributed by atoms with Gasteiger partial charge < -0.3 is 10.1 Å². The first-order valence-corrected chi connectivity index (χ1v) is 10.3. The van der Waals surface area contributed by atoms with Crippen LogP contribution in [0.2, 0.25) is 0 Å². The zero-order valence-corrected chi connectivity index (χ0v) is 17.4. The Labute approximate surface area is 170 Å². The molecule has 5 heteroatoms. The molecular weight excluding hydrogens is 404 g/mol. The van der Waals surface area contributed by atoms with Gasteiger partial charge in [-0.2, -0.15) is 0 Å². The topological polar surface area (TPSA) is 41.6 Å². The Morgan fingerprint density at radius 3 is 2.70 bits per heavy atom. The number of ether oxygens (including phenoxy) is 1. The van der Waals surface area contributed by atoms with E-state index in [-0.39, 0.29) is 11.9 Å². The molecule has 1 aliphatic heterocycles. The summed E-state index contributed by atoms with van der Waals surface area (Å²) in [6, 6.07) is 16.4. The molecule has 2 aromatic carbocycles. The normalized spacial score (nSPS) is 15.5. The first-order valence-electron chi connectivity index (χ1n) is 9.55. The van der Waals surface area contributed by atoms with Crippen LogP contribution in [0, 0.1) is 0 Å². The van der Waals surface area contributed by atoms with Crippen molar-refractivity contribution >= 4 is 21.8 Å². The molecule has 1 N–H and O–H groups in total. The van der Waals surface area contributed by atoms with Gasteiger partial charge in [0.25, 0.3) is 0 Å². The van der Waals surface area contributed by atoms with E-state index in [4.69, 9.17) is 4.74 Å². The van der Waals surface area contributed by atoms with Crippen LogP contribution in [0.1, 0.15) is 36.4 Å². The molecule has 3 rings (SSSR count). The summed E-state index contributed by atoms with van der Waals surface area (Å²) in [5, 5.41) is 3.15. The highest BCUT2D eigenvalue weighted by atomic mass is 79.9. The number of methoxy groups -OCH3 is 1. The number of para-hydroxylation sites is 1. The van der Waals surface area contributed by atoms with Crippen LogP contribution in [0.4, 0.5) is 0 Å². The minimum atomic E-state index is 0.0917. The van der Waals surface area contributed by atoms with E-state index in [0.717, 1.165) is 35.3 Å². The fourth-order valence-electron chi connectivity index (χ4n) is 3.68. The Kier molecular flexibility index (Phi) is 7.30. The molecule has 1 heterocycles. The number of carbonyl (C=O) groups is 1. The molecule has 0 aliphatic carbocycles. The van der Waals surface area contributed by atoms with Gasteiger partial charge in [0.05, 0.1) is 13.2 Å². The van der Waals surface area contributed by atoms with Gasteiger partial charge >= 0.3 is 0 Å². The quantitative estimate of drug-likeness (QED) is 0.676. The van der Waals surface area contributed by atoms with Crippen LogP contribution >= 0.6 is 15.9 Å². The molecule has 4 nitrogen and oxygen atoms in total. The average Bonchev–Trinajstić information content (AvgIpc) is 3.21. The summed E-state index contributed by atoms with van der Waals surface area (Å²) < 4.78 is 6.61. The second-order valence-corrected chi connectivity index (χ2v) is 7.85. The van der Waals surface area contributed by atoms with Crippen LogP contribution in [0.3, 0.4) is 0 Å². The largest absolute Gasteiger partial charge is 0.496 e. The minimum Gasteiger partial charge on any atom is -0.496 e. The minimum absolute atomic E-state index is 0.0917. The summed E-state index contributed by atoms with van der Waals surface area (Å²) >= 11 is 3.48. The van der Waals surface area contributed by atoms with Gasteiger partial charge in [-0.1, -0.05) is 46.3 Å². The molecule has 1 amide bonds. The number of hydrogen-bond acceptors (Lipinski definition) is 3. The summed E-state index contributed by atoms with van der Waals surface area (Å²) in [5.74, 6) is 0.979. The molecule has 1 fully saturated rings. The third-order valence-electron chi connectivity index (χ3n) is 5.10. The number of hydrogen-bond donors (Lipinski definition) is 1. The van der Waals surface area contributed by atoms with E-state index in [1.54, 1.807) is 7.11 Å². The van der Waals surface area contributed by atoms with Crippen molar-refractivity contribution in [2.75, 3.05) is 26.7 Å². The fraction of sp³-hybridized carbons (Fsp3) is 0.409. The van der Waals surface area contributed by atoms with Crippen LogP contribution < -0.4 is 10.1 Å². The SMILES string of the molecule is COc1ccccc1C(CNC(=O)CCc1cccc(Br)c1)N1CCCC1. The molecule has 144 valence electrons. The monoisotopic (exact) mass is 430 g/mol. The standard InChI is InChI=1S/C22H27BrN2O2/c1-27-21-10-3-2-9-19(21)20(25-13-4-5-14-25)16-24-22(26)12-11-17-7-6-8-18(23)15-17/h2-3,6-10,15,20H,4-5,11-14,16H2,1H3,(H,24,26). The smallest absolute Gasteiger partial charge is 0.220 e. The van der Waals surface area contributed by atoms with Gasteiger partial charge in [-0.3, -0.25) is 9.69 Å². The Morgan fingerprint density at radius 1 is 1.19 bits per heavy atom. The number of benzene rings is 2. The van der Waals surface area contributed by atoms with Crippen molar-refractivity contribution in [3.8, 4) is 5.75 Å². The number of nitrogens with one attached hydrogen (secondary N) is 1. The summed E-state index contributed by atoms with van der Waals surface area (Å²) in [7, 11) is 1.70. The van der Waals surface area contributed by atoms with E-state index in [1.807, 2.05) is 30.3 Å². The van der Waals surface area contributed by atoms with Gasteiger partial charge in [0.15, 0.2) is 0 Å². The van der Waals surface area contributed by atoms with Crippen LogP contribution in [0.25, 0.3) is 0 Å². The third kappa shape index (κ3) is 5.56. The number of nitrogens with zero attached hydrogens (tertiary/aromatic N) is 1. The molecule has 1 aliphatic rings. The molecule has 1 unspecified atom stereocenters. The molecule has 1 saturated heterocycles. The molecule has 0 radical (unpaired) electrons. The highest BCUT2D eigenvalue weighted by molar-refractivity contribution is 9.10. The van der Waals surface area contributed by atoms with E-state index in [0.29, 0.717) is 13.0 Å². The number of carbonyl (C=O) groups excluding carboxylic acids is 1. The Hall–Kier alpha value is -1.85. The van der Waals surface area contributed by atoms with Crippen molar-refractivity contribution in [2.45, 2.75) is 31.7 Å². The molecule has 0 saturated carbocycles. The summed E-state index contributed by atoms with van der Waals surface area (Å²) in [5.41, 5.74) is 2.31. The van der Waals surface area contributed by atoms with Crippen molar-refractivity contribution in [1.82, 2.24) is 10.2 Å². The van der Waals surface area contributed by atoms with E-state index in [2.05, 4.69) is 44.3 Å². The van der Waals surface area contributed by atoms with E-state index >= 15 is 0 Å². The lowest BCUT2D eigenvalue weighted by atomic mass is 10.0. The highest BCUT2D eigenvalue weighted by Gasteiger charge is 2.26. The molecule has 0 spiro atoms. The second-order valence-electron chi connectivity index (χ2n) is 6.93. The third-order valence-corrected chi connectivity index (χ3v) is 5.59. The van der Waals surface area contributed by atoms with Crippen molar-refractivity contribution in [1.29, 1.82) is 0 Å². The predicted octanol–water partition coefficient (Wildman–Crippen LogP) is 4.34. The zero-order chi connectivity index (χ0) is 19.1. The number of amides is 1. The lowest BCUT2D eigenvalue weighted by Gasteiger charge is -2.29. The maximum Gasteiger partial charge on any atom is 0.220 e. The summed E-state index contributed by atoms with van der Waals surface area (Å²) in [4.78, 5) is 14.9. The van der Waals surface area contributed by atoms with Gasteiger partial charge in [0, 0.05) is 23.0 Å². The average molecular weight is 431 g/mol. The Balaban J connectivity index is 1.61. The molecule has 1 atom stereocenters. The van der Waals surface area contributed by atoms with Crippen molar-refractivity contribution in [2.24, 2.45) is 0 Å². The van der Waals surface area contributed by atoms with Gasteiger partial charge in [0.1, 0.15) is 5.75 Å². The van der Waals surface area contributed by atoms with E-state index in [1.165, 1.54) is 18.4 Å². The van der Waals surface area contributed by atoms with Crippen LogP contribution in [0.5, 0.6) is 5.75 Å². The summed E-state index contributed by atoms with van der Waals surface area (Å²) in [6.07, 6.45) is 3.66. The van der Waals surface area contributed by atoms with Crippen molar-refractivity contribution in [3.05, 3.63) is 64.1 Å². The Morgan fingerprint density at radius 2 is 1.96 bits per heavy atom. The lowest BCUT2D eigenvalue weighted by Crippen LogP contribution is -2.37. The number of halogens is 1.